The molecule has 3 rings (SSSR count). The van der Waals surface area contributed by atoms with Gasteiger partial charge in [-0.3, -0.25) is 9.59 Å². The largest absolute Gasteiger partial charge is 0.490 e. The molecule has 1 aromatic rings. The number of nitrogens with zero attached hydrogens (tertiary/aromatic N) is 1. The molecule has 1 fully saturated rings. The number of piperidine rings is 1. The molecule has 1 atom stereocenters. The fraction of sp³-hybridized carbons (Fsp3) is 0.579. The maximum Gasteiger partial charge on any atom is 0.254 e. The molecule has 2 aliphatic rings. The van der Waals surface area contributed by atoms with Crippen molar-refractivity contribution in [2.75, 3.05) is 32.8 Å². The molecule has 142 valence electrons. The number of hydrogen-bond donors (Lipinski definition) is 2. The van der Waals surface area contributed by atoms with Crippen LogP contribution in [0, 0.1) is 0 Å². The van der Waals surface area contributed by atoms with Crippen molar-refractivity contribution in [2.45, 2.75) is 38.1 Å². The first-order chi connectivity index (χ1) is 12.7. The summed E-state index contributed by atoms with van der Waals surface area (Å²) in [6.45, 7) is 2.71. The molecule has 0 saturated carbocycles. The van der Waals surface area contributed by atoms with E-state index in [1.807, 2.05) is 4.90 Å². The molecular formula is C19H27N3O4. The summed E-state index contributed by atoms with van der Waals surface area (Å²) in [5.74, 6) is 1.21. The number of nitrogens with one attached hydrogen (secondary N) is 1. The number of likely N-dealkylation sites (tertiary alicyclic amines) is 1. The normalized spacial score (nSPS) is 19.6. The van der Waals surface area contributed by atoms with Crippen molar-refractivity contribution in [3.63, 3.8) is 0 Å². The molecule has 2 heterocycles. The lowest BCUT2D eigenvalue weighted by Crippen LogP contribution is -2.49. The van der Waals surface area contributed by atoms with E-state index in [0.29, 0.717) is 56.3 Å². The lowest BCUT2D eigenvalue weighted by molar-refractivity contribution is -0.121. The second-order valence-corrected chi connectivity index (χ2v) is 6.70. The molecule has 3 N–H and O–H groups in total. The highest BCUT2D eigenvalue weighted by Gasteiger charge is 2.28. The number of rotatable bonds is 5. The van der Waals surface area contributed by atoms with Gasteiger partial charge in [-0.25, -0.2) is 0 Å². The second kappa shape index (κ2) is 8.89. The van der Waals surface area contributed by atoms with Gasteiger partial charge in [0.1, 0.15) is 0 Å². The summed E-state index contributed by atoms with van der Waals surface area (Å²) in [7, 11) is 0. The third-order valence-electron chi connectivity index (χ3n) is 4.79. The minimum Gasteiger partial charge on any atom is -0.490 e. The van der Waals surface area contributed by atoms with Gasteiger partial charge in [-0.1, -0.05) is 0 Å². The molecular weight excluding hydrogens is 334 g/mol. The van der Waals surface area contributed by atoms with Crippen molar-refractivity contribution in [2.24, 2.45) is 5.73 Å². The predicted octanol–water partition coefficient (Wildman–Crippen LogP) is 1.31. The molecule has 1 aromatic carbocycles. The summed E-state index contributed by atoms with van der Waals surface area (Å²) in [4.78, 5) is 26.6. The fourth-order valence-corrected chi connectivity index (χ4v) is 3.39. The molecule has 1 saturated heterocycles. The number of carbonyl (C=O) groups is 2. The SMILES string of the molecule is NCCC(=O)NCC1CCCCN1C(=O)c1ccc2c(c1)OCCCO2. The predicted molar refractivity (Wildman–Crippen MR) is 97.4 cm³/mol. The smallest absolute Gasteiger partial charge is 0.254 e. The standard InChI is InChI=1S/C19H27N3O4/c20-8-7-18(23)21-13-15-4-1-2-9-22(15)19(24)14-5-6-16-17(12-14)26-11-3-10-25-16/h5-6,12,15H,1-4,7-11,13,20H2,(H,21,23). The zero-order valence-electron chi connectivity index (χ0n) is 15.0. The maximum atomic E-state index is 13.0. The van der Waals surface area contributed by atoms with Gasteiger partial charge < -0.3 is 25.4 Å². The van der Waals surface area contributed by atoms with Crippen LogP contribution >= 0.6 is 0 Å². The van der Waals surface area contributed by atoms with E-state index in [9.17, 15) is 9.59 Å². The van der Waals surface area contributed by atoms with Gasteiger partial charge in [0.15, 0.2) is 11.5 Å². The Kier molecular flexibility index (Phi) is 6.33. The van der Waals surface area contributed by atoms with Crippen LogP contribution in [0.25, 0.3) is 0 Å². The average Bonchev–Trinajstić information content (AvgIpc) is 2.91. The van der Waals surface area contributed by atoms with E-state index in [1.165, 1.54) is 0 Å². The number of amides is 2. The van der Waals surface area contributed by atoms with Gasteiger partial charge in [0.05, 0.1) is 13.2 Å². The van der Waals surface area contributed by atoms with E-state index in [-0.39, 0.29) is 17.9 Å². The van der Waals surface area contributed by atoms with Crippen molar-refractivity contribution >= 4 is 11.8 Å². The van der Waals surface area contributed by atoms with Crippen molar-refractivity contribution < 1.29 is 19.1 Å². The van der Waals surface area contributed by atoms with Gasteiger partial charge in [0.25, 0.3) is 5.91 Å². The molecule has 0 aromatic heterocycles. The Hall–Kier alpha value is -2.28. The monoisotopic (exact) mass is 361 g/mol. The molecule has 2 aliphatic heterocycles. The summed E-state index contributed by atoms with van der Waals surface area (Å²) in [6, 6.07) is 5.36. The van der Waals surface area contributed by atoms with E-state index in [0.717, 1.165) is 25.7 Å². The summed E-state index contributed by atoms with van der Waals surface area (Å²) >= 11 is 0. The van der Waals surface area contributed by atoms with Gasteiger partial charge in [-0.2, -0.15) is 0 Å². The minimum atomic E-state index is -0.0685. The molecule has 26 heavy (non-hydrogen) atoms. The maximum absolute atomic E-state index is 13.0. The van der Waals surface area contributed by atoms with Crippen LogP contribution in [0.3, 0.4) is 0 Å². The molecule has 0 aliphatic carbocycles. The highest BCUT2D eigenvalue weighted by molar-refractivity contribution is 5.95. The topological polar surface area (TPSA) is 93.9 Å². The molecule has 0 spiro atoms. The molecule has 1 unspecified atom stereocenters. The van der Waals surface area contributed by atoms with Crippen molar-refractivity contribution in [1.29, 1.82) is 0 Å². The first kappa shape index (κ1) is 18.5. The lowest BCUT2D eigenvalue weighted by Gasteiger charge is -2.36. The van der Waals surface area contributed by atoms with Crippen LogP contribution in [0.4, 0.5) is 0 Å². The highest BCUT2D eigenvalue weighted by atomic mass is 16.5. The Morgan fingerprint density at radius 2 is 1.96 bits per heavy atom. The van der Waals surface area contributed by atoms with Gasteiger partial charge in [-0.05, 0) is 37.5 Å². The fourth-order valence-electron chi connectivity index (χ4n) is 3.39. The number of nitrogens with two attached hydrogens (primary N) is 1. The van der Waals surface area contributed by atoms with E-state index < -0.39 is 0 Å². The van der Waals surface area contributed by atoms with Crippen LogP contribution in [0.1, 0.15) is 42.5 Å². The van der Waals surface area contributed by atoms with E-state index in [4.69, 9.17) is 15.2 Å². The number of ether oxygens (including phenoxy) is 2. The average molecular weight is 361 g/mol. The van der Waals surface area contributed by atoms with Crippen molar-refractivity contribution in [3.8, 4) is 11.5 Å². The minimum absolute atomic E-state index is 0.00829. The van der Waals surface area contributed by atoms with Gasteiger partial charge >= 0.3 is 0 Å². The van der Waals surface area contributed by atoms with E-state index in [1.54, 1.807) is 18.2 Å². The Balaban J connectivity index is 1.70. The van der Waals surface area contributed by atoms with Crippen LogP contribution in [-0.4, -0.2) is 55.6 Å². The summed E-state index contributed by atoms with van der Waals surface area (Å²) in [6.07, 6.45) is 4.06. The zero-order valence-corrected chi connectivity index (χ0v) is 15.0. The molecule has 7 nitrogen and oxygen atoms in total. The summed E-state index contributed by atoms with van der Waals surface area (Å²) < 4.78 is 11.3. The number of benzene rings is 1. The van der Waals surface area contributed by atoms with Crippen LogP contribution in [0.5, 0.6) is 11.5 Å². The first-order valence-electron chi connectivity index (χ1n) is 9.36. The summed E-state index contributed by atoms with van der Waals surface area (Å²) in [5, 5.41) is 2.89. The van der Waals surface area contributed by atoms with Crippen LogP contribution in [0.2, 0.25) is 0 Å². The van der Waals surface area contributed by atoms with Gasteiger partial charge in [0.2, 0.25) is 5.91 Å². The number of hydrogen-bond acceptors (Lipinski definition) is 5. The molecule has 2 amide bonds. The quantitative estimate of drug-likeness (QED) is 0.825. The molecule has 0 bridgehead atoms. The summed E-state index contributed by atoms with van der Waals surface area (Å²) in [5.41, 5.74) is 6.00. The van der Waals surface area contributed by atoms with Gasteiger partial charge in [0, 0.05) is 44.1 Å². The van der Waals surface area contributed by atoms with Gasteiger partial charge in [-0.15, -0.1) is 0 Å². The number of carbonyl (C=O) groups excluding carboxylic acids is 2. The molecule has 7 heteroatoms. The Morgan fingerprint density at radius 1 is 1.15 bits per heavy atom. The van der Waals surface area contributed by atoms with Crippen molar-refractivity contribution in [1.82, 2.24) is 10.2 Å². The highest BCUT2D eigenvalue weighted by Crippen LogP contribution is 2.31. The Bertz CT molecular complexity index is 650. The third kappa shape index (κ3) is 4.46. The van der Waals surface area contributed by atoms with Crippen LogP contribution in [-0.2, 0) is 4.79 Å². The van der Waals surface area contributed by atoms with Crippen molar-refractivity contribution in [3.05, 3.63) is 23.8 Å². The van der Waals surface area contributed by atoms with E-state index in [2.05, 4.69) is 5.32 Å². The van der Waals surface area contributed by atoms with Crippen LogP contribution in [0.15, 0.2) is 18.2 Å². The Labute approximate surface area is 153 Å². The van der Waals surface area contributed by atoms with E-state index >= 15 is 0 Å². The second-order valence-electron chi connectivity index (χ2n) is 6.70. The lowest BCUT2D eigenvalue weighted by atomic mass is 10.0. The third-order valence-corrected chi connectivity index (χ3v) is 4.79. The number of fused-ring (bicyclic) bond motifs is 1. The molecule has 0 radical (unpaired) electrons. The van der Waals surface area contributed by atoms with Crippen LogP contribution < -0.4 is 20.5 Å². The zero-order chi connectivity index (χ0) is 18.4. The first-order valence-corrected chi connectivity index (χ1v) is 9.36. The Morgan fingerprint density at radius 3 is 2.77 bits per heavy atom.